The second-order valence-corrected chi connectivity index (χ2v) is 5.25. The third kappa shape index (κ3) is 3.70. The van der Waals surface area contributed by atoms with Gasteiger partial charge in [0, 0.05) is 37.4 Å². The highest BCUT2D eigenvalue weighted by atomic mass is 16.1. The van der Waals surface area contributed by atoms with Gasteiger partial charge in [-0.15, -0.1) is 0 Å². The second-order valence-electron chi connectivity index (χ2n) is 5.25. The first-order chi connectivity index (χ1) is 9.11. The van der Waals surface area contributed by atoms with Gasteiger partial charge in [-0.25, -0.2) is 0 Å². The Balaban J connectivity index is 1.85. The number of carbonyl (C=O) groups is 1. The Kier molecular flexibility index (Phi) is 4.43. The fourth-order valence-electron chi connectivity index (χ4n) is 2.21. The number of amides is 1. The molecular weight excluding hydrogens is 238 g/mol. The molecule has 1 amide bonds. The number of nitrogens with zero attached hydrogens (tertiary/aromatic N) is 1. The maximum Gasteiger partial charge on any atom is 0.251 e. The molecule has 19 heavy (non-hydrogen) atoms. The zero-order chi connectivity index (χ0) is 13.8. The van der Waals surface area contributed by atoms with Crippen LogP contribution in [0.5, 0.6) is 0 Å². The second kappa shape index (κ2) is 6.06. The SMILES string of the molecule is CNc1ccc(C(=O)NCCN(C)C2CC2)c(C)c1. The standard InChI is InChI=1S/C15H23N3O/c1-11-10-12(16-2)4-7-14(11)15(19)17-8-9-18(3)13-5-6-13/h4,7,10,13,16H,5-6,8-9H2,1-3H3,(H,17,19). The van der Waals surface area contributed by atoms with Crippen LogP contribution in [0.2, 0.25) is 0 Å². The molecule has 1 fully saturated rings. The smallest absolute Gasteiger partial charge is 0.251 e. The third-order valence-corrected chi connectivity index (χ3v) is 3.68. The average Bonchev–Trinajstić information content (AvgIpc) is 3.22. The molecule has 1 aliphatic carbocycles. The molecule has 0 aliphatic heterocycles. The Bertz CT molecular complexity index is 455. The molecule has 104 valence electrons. The summed E-state index contributed by atoms with van der Waals surface area (Å²) in [4.78, 5) is 14.4. The van der Waals surface area contributed by atoms with E-state index < -0.39 is 0 Å². The predicted octanol–water partition coefficient (Wildman–Crippen LogP) is 1.86. The first-order valence-electron chi connectivity index (χ1n) is 6.88. The number of hydrogen-bond acceptors (Lipinski definition) is 3. The molecule has 0 saturated heterocycles. The summed E-state index contributed by atoms with van der Waals surface area (Å²) in [6, 6.07) is 6.54. The molecule has 1 aliphatic rings. The fourth-order valence-corrected chi connectivity index (χ4v) is 2.21. The van der Waals surface area contributed by atoms with Gasteiger partial charge in [0.15, 0.2) is 0 Å². The van der Waals surface area contributed by atoms with Crippen molar-refractivity contribution in [1.82, 2.24) is 10.2 Å². The molecule has 1 aromatic rings. The molecule has 2 rings (SSSR count). The van der Waals surface area contributed by atoms with E-state index in [4.69, 9.17) is 0 Å². The van der Waals surface area contributed by atoms with Gasteiger partial charge in [0.1, 0.15) is 0 Å². The van der Waals surface area contributed by atoms with Gasteiger partial charge in [0.25, 0.3) is 5.91 Å². The predicted molar refractivity (Wildman–Crippen MR) is 78.7 cm³/mol. The van der Waals surface area contributed by atoms with E-state index in [1.54, 1.807) is 0 Å². The number of benzene rings is 1. The van der Waals surface area contributed by atoms with E-state index in [0.717, 1.165) is 29.4 Å². The van der Waals surface area contributed by atoms with Gasteiger partial charge < -0.3 is 15.5 Å². The molecule has 4 nitrogen and oxygen atoms in total. The van der Waals surface area contributed by atoms with Crippen molar-refractivity contribution in [1.29, 1.82) is 0 Å². The highest BCUT2D eigenvalue weighted by Gasteiger charge is 2.25. The van der Waals surface area contributed by atoms with Crippen molar-refractivity contribution in [2.45, 2.75) is 25.8 Å². The van der Waals surface area contributed by atoms with Gasteiger partial charge >= 0.3 is 0 Å². The summed E-state index contributed by atoms with van der Waals surface area (Å²) in [5.41, 5.74) is 2.79. The van der Waals surface area contributed by atoms with E-state index >= 15 is 0 Å². The minimum absolute atomic E-state index is 0.0179. The van der Waals surface area contributed by atoms with Gasteiger partial charge in [-0.1, -0.05) is 0 Å². The number of rotatable bonds is 6. The monoisotopic (exact) mass is 261 g/mol. The first-order valence-corrected chi connectivity index (χ1v) is 6.88. The van der Waals surface area contributed by atoms with Crippen LogP contribution in [0, 0.1) is 6.92 Å². The maximum atomic E-state index is 12.1. The van der Waals surface area contributed by atoms with Crippen molar-refractivity contribution < 1.29 is 4.79 Å². The molecular formula is C15H23N3O. The van der Waals surface area contributed by atoms with E-state index in [1.165, 1.54) is 12.8 Å². The molecule has 2 N–H and O–H groups in total. The summed E-state index contributed by atoms with van der Waals surface area (Å²) in [6.07, 6.45) is 2.60. The molecule has 4 heteroatoms. The Morgan fingerprint density at radius 3 is 2.74 bits per heavy atom. The van der Waals surface area contributed by atoms with E-state index in [1.807, 2.05) is 32.2 Å². The van der Waals surface area contributed by atoms with E-state index in [0.29, 0.717) is 6.54 Å². The lowest BCUT2D eigenvalue weighted by molar-refractivity contribution is 0.0949. The molecule has 0 unspecified atom stereocenters. The normalized spacial score (nSPS) is 14.5. The first kappa shape index (κ1) is 13.9. The van der Waals surface area contributed by atoms with E-state index in [9.17, 15) is 4.79 Å². The van der Waals surface area contributed by atoms with Crippen LogP contribution in [0.15, 0.2) is 18.2 Å². The van der Waals surface area contributed by atoms with E-state index in [2.05, 4.69) is 22.6 Å². The van der Waals surface area contributed by atoms with Gasteiger partial charge in [-0.05, 0) is 50.6 Å². The lowest BCUT2D eigenvalue weighted by Gasteiger charge is -2.16. The zero-order valence-corrected chi connectivity index (χ0v) is 12.0. The summed E-state index contributed by atoms with van der Waals surface area (Å²) in [6.45, 7) is 3.59. The van der Waals surface area contributed by atoms with Crippen LogP contribution in [0.4, 0.5) is 5.69 Å². The lowest BCUT2D eigenvalue weighted by atomic mass is 10.1. The summed E-state index contributed by atoms with van der Waals surface area (Å²) < 4.78 is 0. The average molecular weight is 261 g/mol. The number of anilines is 1. The summed E-state index contributed by atoms with van der Waals surface area (Å²) in [7, 11) is 4.00. The van der Waals surface area contributed by atoms with Gasteiger partial charge in [0.05, 0.1) is 0 Å². The minimum atomic E-state index is 0.0179. The third-order valence-electron chi connectivity index (χ3n) is 3.68. The minimum Gasteiger partial charge on any atom is -0.388 e. The largest absolute Gasteiger partial charge is 0.388 e. The maximum absolute atomic E-state index is 12.1. The number of aryl methyl sites for hydroxylation is 1. The van der Waals surface area contributed by atoms with Crippen LogP contribution in [0.25, 0.3) is 0 Å². The topological polar surface area (TPSA) is 44.4 Å². The lowest BCUT2D eigenvalue weighted by Crippen LogP contribution is -2.34. The van der Waals surface area contributed by atoms with Crippen LogP contribution in [0.1, 0.15) is 28.8 Å². The van der Waals surface area contributed by atoms with Crippen molar-refractivity contribution in [3.63, 3.8) is 0 Å². The Morgan fingerprint density at radius 2 is 2.16 bits per heavy atom. The van der Waals surface area contributed by atoms with Gasteiger partial charge in [-0.2, -0.15) is 0 Å². The van der Waals surface area contributed by atoms with Crippen molar-refractivity contribution >= 4 is 11.6 Å². The van der Waals surface area contributed by atoms with Crippen molar-refractivity contribution in [2.75, 3.05) is 32.5 Å². The highest BCUT2D eigenvalue weighted by Crippen LogP contribution is 2.24. The van der Waals surface area contributed by atoms with Crippen molar-refractivity contribution in [3.8, 4) is 0 Å². The highest BCUT2D eigenvalue weighted by molar-refractivity contribution is 5.96. The van der Waals surface area contributed by atoms with Gasteiger partial charge in [0.2, 0.25) is 0 Å². The fraction of sp³-hybridized carbons (Fsp3) is 0.533. The van der Waals surface area contributed by atoms with Crippen LogP contribution >= 0.6 is 0 Å². The summed E-state index contributed by atoms with van der Waals surface area (Å²) in [5, 5.41) is 6.06. The molecule has 0 aromatic heterocycles. The van der Waals surface area contributed by atoms with Crippen LogP contribution in [0.3, 0.4) is 0 Å². The number of carbonyl (C=O) groups excluding carboxylic acids is 1. The molecule has 1 saturated carbocycles. The van der Waals surface area contributed by atoms with Crippen molar-refractivity contribution in [3.05, 3.63) is 29.3 Å². The van der Waals surface area contributed by atoms with Crippen LogP contribution in [-0.2, 0) is 0 Å². The number of hydrogen-bond donors (Lipinski definition) is 2. The quantitative estimate of drug-likeness (QED) is 0.821. The summed E-state index contributed by atoms with van der Waals surface area (Å²) >= 11 is 0. The zero-order valence-electron chi connectivity index (χ0n) is 12.0. The van der Waals surface area contributed by atoms with Gasteiger partial charge in [-0.3, -0.25) is 4.79 Å². The molecule has 1 aromatic carbocycles. The Morgan fingerprint density at radius 1 is 1.42 bits per heavy atom. The number of likely N-dealkylation sites (N-methyl/N-ethyl adjacent to an activating group) is 1. The Hall–Kier alpha value is -1.55. The van der Waals surface area contributed by atoms with E-state index in [-0.39, 0.29) is 5.91 Å². The van der Waals surface area contributed by atoms with Crippen LogP contribution in [-0.4, -0.2) is 44.0 Å². The summed E-state index contributed by atoms with van der Waals surface area (Å²) in [5.74, 6) is 0.0179. The molecule has 0 atom stereocenters. The molecule has 0 heterocycles. The number of nitrogens with one attached hydrogen (secondary N) is 2. The molecule has 0 radical (unpaired) electrons. The Labute approximate surface area is 115 Å². The van der Waals surface area contributed by atoms with Crippen molar-refractivity contribution in [2.24, 2.45) is 0 Å². The molecule has 0 bridgehead atoms. The van der Waals surface area contributed by atoms with Crippen LogP contribution < -0.4 is 10.6 Å². The molecule has 0 spiro atoms.